The van der Waals surface area contributed by atoms with E-state index in [1.165, 1.54) is 0 Å². The number of hydrogen-bond donors (Lipinski definition) is 1. The highest BCUT2D eigenvalue weighted by Crippen LogP contribution is 2.54. The number of methoxy groups -OCH3 is 1. The fourth-order valence-corrected chi connectivity index (χ4v) is 6.51. The first-order chi connectivity index (χ1) is 16.7. The Morgan fingerprint density at radius 3 is 2.74 bits per heavy atom. The molecule has 35 heavy (non-hydrogen) atoms. The van der Waals surface area contributed by atoms with Crippen molar-refractivity contribution >= 4 is 29.1 Å². The van der Waals surface area contributed by atoms with E-state index in [2.05, 4.69) is 17.5 Å². The molecule has 1 N–H and O–H groups in total. The molecule has 1 saturated carbocycles. The zero-order valence-corrected chi connectivity index (χ0v) is 22.0. The molecule has 1 aliphatic carbocycles. The van der Waals surface area contributed by atoms with Crippen LogP contribution in [0.2, 0.25) is 10.0 Å². The van der Waals surface area contributed by atoms with E-state index in [9.17, 15) is 9.90 Å². The number of benzene rings is 2. The molecule has 5 nitrogen and oxygen atoms in total. The largest absolute Gasteiger partial charge is 0.508 e. The molecule has 1 heterocycles. The second-order valence-corrected chi connectivity index (χ2v) is 10.7. The zero-order chi connectivity index (χ0) is 25.2. The lowest BCUT2D eigenvalue weighted by Gasteiger charge is -2.60. The number of piperidine rings is 1. The van der Waals surface area contributed by atoms with Crippen molar-refractivity contribution in [1.82, 2.24) is 9.80 Å². The number of carbonyl (C=O) groups is 1. The molecule has 2 aromatic carbocycles. The van der Waals surface area contributed by atoms with Gasteiger partial charge >= 0.3 is 0 Å². The van der Waals surface area contributed by atoms with Crippen LogP contribution in [0.4, 0.5) is 0 Å². The summed E-state index contributed by atoms with van der Waals surface area (Å²) in [5, 5.41) is 11.3. The lowest BCUT2D eigenvalue weighted by molar-refractivity contribution is -0.159. The molecule has 188 valence electrons. The highest BCUT2D eigenvalue weighted by molar-refractivity contribution is 6.42. The number of fused-ring (bicyclic) bond motifs is 1. The minimum absolute atomic E-state index is 0.0495. The number of likely N-dealkylation sites (N-methyl/N-ethyl adjacent to an activating group) is 1. The number of rotatable bonds is 7. The van der Waals surface area contributed by atoms with E-state index in [1.54, 1.807) is 25.3 Å². The summed E-state index contributed by atoms with van der Waals surface area (Å²) in [5.74, 6) is 0.301. The summed E-state index contributed by atoms with van der Waals surface area (Å²) < 4.78 is 6.38. The molecule has 1 aliphatic heterocycles. The Kier molecular flexibility index (Phi) is 7.82. The van der Waals surface area contributed by atoms with E-state index in [1.807, 2.05) is 36.2 Å². The van der Waals surface area contributed by atoms with E-state index >= 15 is 0 Å². The Bertz CT molecular complexity index is 1090. The van der Waals surface area contributed by atoms with Crippen LogP contribution in [-0.4, -0.2) is 66.2 Å². The topological polar surface area (TPSA) is 53.0 Å². The van der Waals surface area contributed by atoms with Gasteiger partial charge < -0.3 is 14.7 Å². The van der Waals surface area contributed by atoms with Crippen LogP contribution in [0.5, 0.6) is 5.75 Å². The Morgan fingerprint density at radius 1 is 1.26 bits per heavy atom. The number of halogens is 2. The number of aromatic hydroxyl groups is 1. The molecule has 1 amide bonds. The summed E-state index contributed by atoms with van der Waals surface area (Å²) in [4.78, 5) is 17.6. The molecule has 2 aliphatic rings. The first-order valence-corrected chi connectivity index (χ1v) is 12.9. The van der Waals surface area contributed by atoms with Crippen LogP contribution in [0.25, 0.3) is 0 Å². The number of phenolic OH excluding ortho intramolecular Hbond substituents is 1. The standard InChI is InChI=1S/C28H34Cl2N2O3/c1-4-13-32-14-12-27(21-6-5-7-23(33)17-21)18-22(10-11-28(27,19-32)35-3)31(2)26(34)16-20-8-9-24(29)25(30)15-20/h4-9,15,17,22,33H,1,10-14,16,18-19H2,2-3H3/t22-,27-,28-/m0/s1. The molecule has 2 aromatic rings. The number of nitrogens with zero attached hydrogens (tertiary/aromatic N) is 2. The van der Waals surface area contributed by atoms with Crippen LogP contribution in [0.3, 0.4) is 0 Å². The number of carbonyl (C=O) groups excluding carboxylic acids is 1. The third kappa shape index (κ3) is 4.97. The van der Waals surface area contributed by atoms with Crippen LogP contribution in [0.15, 0.2) is 55.1 Å². The minimum Gasteiger partial charge on any atom is -0.508 e. The van der Waals surface area contributed by atoms with E-state index in [0.717, 1.165) is 56.4 Å². The van der Waals surface area contributed by atoms with Gasteiger partial charge in [0.2, 0.25) is 5.91 Å². The van der Waals surface area contributed by atoms with Crippen molar-refractivity contribution in [1.29, 1.82) is 0 Å². The van der Waals surface area contributed by atoms with Gasteiger partial charge in [-0.05, 0) is 67.6 Å². The zero-order valence-electron chi connectivity index (χ0n) is 20.5. The van der Waals surface area contributed by atoms with Crippen molar-refractivity contribution in [2.75, 3.05) is 33.8 Å². The van der Waals surface area contributed by atoms with E-state index in [4.69, 9.17) is 27.9 Å². The second-order valence-electron chi connectivity index (χ2n) is 9.93. The highest BCUT2D eigenvalue weighted by Gasteiger charge is 2.59. The van der Waals surface area contributed by atoms with Gasteiger partial charge in [-0.25, -0.2) is 0 Å². The van der Waals surface area contributed by atoms with Gasteiger partial charge in [-0.1, -0.05) is 47.5 Å². The first kappa shape index (κ1) is 26.0. The van der Waals surface area contributed by atoms with Crippen LogP contribution >= 0.6 is 23.2 Å². The summed E-state index contributed by atoms with van der Waals surface area (Å²) in [6.45, 7) is 6.42. The number of hydrogen-bond acceptors (Lipinski definition) is 4. The van der Waals surface area contributed by atoms with Crippen molar-refractivity contribution in [3.63, 3.8) is 0 Å². The fraction of sp³-hybridized carbons (Fsp3) is 0.464. The van der Waals surface area contributed by atoms with Crippen molar-refractivity contribution < 1.29 is 14.6 Å². The minimum atomic E-state index is -0.411. The average Bonchev–Trinajstić information content (AvgIpc) is 2.85. The van der Waals surface area contributed by atoms with Gasteiger partial charge in [0.25, 0.3) is 0 Å². The third-order valence-electron chi connectivity index (χ3n) is 8.13. The molecule has 0 radical (unpaired) electrons. The van der Waals surface area contributed by atoms with Gasteiger partial charge in [0.05, 0.1) is 22.1 Å². The van der Waals surface area contributed by atoms with Crippen LogP contribution in [-0.2, 0) is 21.4 Å². The SMILES string of the molecule is C=CCN1CC[C@@]2(c3cccc(O)c3)C[C@@H](N(C)C(=O)Cc3ccc(Cl)c(Cl)c3)CC[C@]2(OC)C1. The molecule has 4 rings (SSSR count). The predicted molar refractivity (Wildman–Crippen MR) is 141 cm³/mol. The van der Waals surface area contributed by atoms with Gasteiger partial charge in [0.15, 0.2) is 0 Å². The quantitative estimate of drug-likeness (QED) is 0.496. The number of amides is 1. The van der Waals surface area contributed by atoms with Crippen LogP contribution in [0, 0.1) is 0 Å². The maximum absolute atomic E-state index is 13.3. The van der Waals surface area contributed by atoms with Gasteiger partial charge in [-0.2, -0.15) is 0 Å². The van der Waals surface area contributed by atoms with Gasteiger partial charge in [-0.15, -0.1) is 6.58 Å². The van der Waals surface area contributed by atoms with Gasteiger partial charge in [0, 0.05) is 38.7 Å². The Morgan fingerprint density at radius 2 is 2.06 bits per heavy atom. The first-order valence-electron chi connectivity index (χ1n) is 12.1. The van der Waals surface area contributed by atoms with E-state index in [-0.39, 0.29) is 29.5 Å². The monoisotopic (exact) mass is 516 g/mol. The van der Waals surface area contributed by atoms with E-state index in [0.29, 0.717) is 10.0 Å². The van der Waals surface area contributed by atoms with Gasteiger partial charge in [0.1, 0.15) is 5.75 Å². The lowest BCUT2D eigenvalue weighted by Crippen LogP contribution is -2.68. The molecule has 1 saturated heterocycles. The normalized spacial score (nSPS) is 26.7. The molecule has 0 bridgehead atoms. The summed E-state index contributed by atoms with van der Waals surface area (Å²) in [7, 11) is 3.70. The maximum Gasteiger partial charge on any atom is 0.226 e. The smallest absolute Gasteiger partial charge is 0.226 e. The molecule has 7 heteroatoms. The van der Waals surface area contributed by atoms with Crippen molar-refractivity contribution in [3.05, 3.63) is 76.3 Å². The molecule has 0 aromatic heterocycles. The molecular weight excluding hydrogens is 483 g/mol. The number of phenols is 1. The van der Waals surface area contributed by atoms with Crippen LogP contribution < -0.4 is 0 Å². The van der Waals surface area contributed by atoms with E-state index < -0.39 is 5.60 Å². The number of ether oxygens (including phenoxy) is 1. The van der Waals surface area contributed by atoms with Crippen molar-refractivity contribution in [2.45, 2.75) is 49.2 Å². The van der Waals surface area contributed by atoms with Crippen LogP contribution in [0.1, 0.15) is 36.8 Å². The Balaban J connectivity index is 1.63. The molecule has 3 atom stereocenters. The Labute approximate surface area is 218 Å². The predicted octanol–water partition coefficient (Wildman–Crippen LogP) is 5.47. The summed E-state index contributed by atoms with van der Waals surface area (Å²) >= 11 is 12.2. The fourth-order valence-electron chi connectivity index (χ4n) is 6.19. The maximum atomic E-state index is 13.3. The Hall–Kier alpha value is -2.05. The second kappa shape index (κ2) is 10.5. The summed E-state index contributed by atoms with van der Waals surface area (Å²) in [6, 6.07) is 13.0. The lowest BCUT2D eigenvalue weighted by atomic mass is 9.55. The van der Waals surface area contributed by atoms with Gasteiger partial charge in [-0.3, -0.25) is 9.69 Å². The number of likely N-dealkylation sites (tertiary alicyclic amines) is 1. The van der Waals surface area contributed by atoms with Crippen molar-refractivity contribution in [3.8, 4) is 5.75 Å². The molecule has 0 spiro atoms. The highest BCUT2D eigenvalue weighted by atomic mass is 35.5. The molecule has 2 fully saturated rings. The average molecular weight is 517 g/mol. The summed E-state index contributed by atoms with van der Waals surface area (Å²) in [5.41, 5.74) is 1.19. The summed E-state index contributed by atoms with van der Waals surface area (Å²) in [6.07, 6.45) is 5.53. The van der Waals surface area contributed by atoms with Crippen molar-refractivity contribution in [2.24, 2.45) is 0 Å². The molecule has 0 unspecified atom stereocenters. The molecular formula is C28H34Cl2N2O3. The third-order valence-corrected chi connectivity index (χ3v) is 8.87.